The fourth-order valence-corrected chi connectivity index (χ4v) is 2.34. The molecule has 2 N–H and O–H groups in total. The molecule has 0 spiro atoms. The van der Waals surface area contributed by atoms with Gasteiger partial charge in [-0.25, -0.2) is 4.39 Å². The predicted molar refractivity (Wildman–Crippen MR) is 69.8 cm³/mol. The third kappa shape index (κ3) is 4.69. The monoisotopic (exact) mass is 295 g/mol. The van der Waals surface area contributed by atoms with Crippen LogP contribution in [0.25, 0.3) is 0 Å². The lowest BCUT2D eigenvalue weighted by Gasteiger charge is -2.13. The van der Waals surface area contributed by atoms with Crippen molar-refractivity contribution >= 4 is 11.8 Å². The van der Waals surface area contributed by atoms with Gasteiger partial charge in [-0.1, -0.05) is 0 Å². The molecule has 0 aliphatic heterocycles. The van der Waals surface area contributed by atoms with Crippen molar-refractivity contribution in [1.29, 1.82) is 0 Å². The molecule has 19 heavy (non-hydrogen) atoms. The molecule has 1 rings (SSSR count). The van der Waals surface area contributed by atoms with E-state index in [2.05, 4.69) is 0 Å². The Kier molecular flexibility index (Phi) is 5.67. The molecule has 6 heteroatoms. The molecule has 0 aromatic heterocycles. The summed E-state index contributed by atoms with van der Waals surface area (Å²) in [5.41, 5.74) is 4.91. The van der Waals surface area contributed by atoms with Crippen LogP contribution < -0.4 is 5.73 Å². The third-order valence-electron chi connectivity index (χ3n) is 2.75. The summed E-state index contributed by atoms with van der Waals surface area (Å²) in [5, 5.41) is 0. The van der Waals surface area contributed by atoms with E-state index in [9.17, 15) is 17.6 Å². The van der Waals surface area contributed by atoms with Crippen LogP contribution in [0.1, 0.15) is 30.9 Å². The summed E-state index contributed by atoms with van der Waals surface area (Å²) in [4.78, 5) is 0.0330. The number of rotatable bonds is 5. The molecule has 1 unspecified atom stereocenters. The van der Waals surface area contributed by atoms with Crippen molar-refractivity contribution in [3.05, 3.63) is 29.1 Å². The Balaban J connectivity index is 3.00. The fraction of sp³-hybridized carbons (Fsp3) is 0.538. The van der Waals surface area contributed by atoms with Crippen molar-refractivity contribution in [2.24, 2.45) is 5.73 Å². The standard InChI is InChI=1S/C13H17F4NS/c1-8(18)4-3-5-9-6-10(13(15,16)17)12(14)11(7-9)19-2/h6-8H,3-5,18H2,1-2H3. The van der Waals surface area contributed by atoms with E-state index in [1.807, 2.05) is 6.92 Å². The molecule has 0 heterocycles. The number of thioether (sulfide) groups is 1. The largest absolute Gasteiger partial charge is 0.419 e. The van der Waals surface area contributed by atoms with Crippen LogP contribution in [0.15, 0.2) is 17.0 Å². The van der Waals surface area contributed by atoms with Gasteiger partial charge in [0.05, 0.1) is 5.56 Å². The number of halogens is 4. The first-order valence-electron chi connectivity index (χ1n) is 5.95. The molecule has 0 radical (unpaired) electrons. The van der Waals surface area contributed by atoms with Gasteiger partial charge in [0.25, 0.3) is 0 Å². The van der Waals surface area contributed by atoms with Crippen LogP contribution in [0.4, 0.5) is 17.6 Å². The van der Waals surface area contributed by atoms with Crippen molar-refractivity contribution in [2.75, 3.05) is 6.26 Å². The maximum atomic E-state index is 13.6. The zero-order valence-electron chi connectivity index (χ0n) is 10.9. The van der Waals surface area contributed by atoms with Gasteiger partial charge in [-0.2, -0.15) is 13.2 Å². The van der Waals surface area contributed by atoms with E-state index in [1.165, 1.54) is 6.07 Å². The quantitative estimate of drug-likeness (QED) is 0.649. The zero-order chi connectivity index (χ0) is 14.6. The summed E-state index contributed by atoms with van der Waals surface area (Å²) < 4.78 is 51.8. The van der Waals surface area contributed by atoms with Gasteiger partial charge in [-0.3, -0.25) is 0 Å². The summed E-state index contributed by atoms with van der Waals surface area (Å²) in [6, 6.07) is 2.40. The summed E-state index contributed by atoms with van der Waals surface area (Å²) in [7, 11) is 0. The van der Waals surface area contributed by atoms with E-state index in [1.54, 1.807) is 6.26 Å². The molecule has 1 aromatic carbocycles. The molecule has 0 aliphatic rings. The minimum absolute atomic E-state index is 0.0163. The Labute approximate surface area is 114 Å². The van der Waals surface area contributed by atoms with Crippen LogP contribution in [0.3, 0.4) is 0 Å². The topological polar surface area (TPSA) is 26.0 Å². The van der Waals surface area contributed by atoms with Crippen LogP contribution in [0.5, 0.6) is 0 Å². The Hall–Kier alpha value is -0.750. The normalized spacial score (nSPS) is 13.6. The van der Waals surface area contributed by atoms with Gasteiger partial charge in [0.1, 0.15) is 5.82 Å². The molecule has 1 atom stereocenters. The van der Waals surface area contributed by atoms with E-state index >= 15 is 0 Å². The number of hydrogen-bond acceptors (Lipinski definition) is 2. The second kappa shape index (κ2) is 6.61. The highest BCUT2D eigenvalue weighted by Crippen LogP contribution is 2.36. The number of benzene rings is 1. The lowest BCUT2D eigenvalue weighted by molar-refractivity contribution is -0.140. The van der Waals surface area contributed by atoms with Crippen LogP contribution in [-0.4, -0.2) is 12.3 Å². The maximum Gasteiger partial charge on any atom is 0.419 e. The average molecular weight is 295 g/mol. The van der Waals surface area contributed by atoms with Gasteiger partial charge in [0, 0.05) is 10.9 Å². The highest BCUT2D eigenvalue weighted by molar-refractivity contribution is 7.98. The third-order valence-corrected chi connectivity index (χ3v) is 3.49. The van der Waals surface area contributed by atoms with Gasteiger partial charge in [-0.15, -0.1) is 11.8 Å². The molecule has 1 nitrogen and oxygen atoms in total. The molecule has 0 saturated heterocycles. The van der Waals surface area contributed by atoms with Crippen LogP contribution in [-0.2, 0) is 12.6 Å². The number of nitrogens with two attached hydrogens (primary N) is 1. The van der Waals surface area contributed by atoms with Crippen LogP contribution in [0.2, 0.25) is 0 Å². The maximum absolute atomic E-state index is 13.6. The summed E-state index contributed by atoms with van der Waals surface area (Å²) in [5.74, 6) is -1.18. The average Bonchev–Trinajstić information content (AvgIpc) is 2.28. The predicted octanol–water partition coefficient (Wildman–Crippen LogP) is 4.24. The molecular formula is C13H17F4NS. The molecule has 1 aromatic rings. The first kappa shape index (κ1) is 16.3. The molecule has 0 amide bonds. The van der Waals surface area contributed by atoms with Crippen molar-refractivity contribution in [2.45, 2.75) is 43.3 Å². The number of alkyl halides is 3. The van der Waals surface area contributed by atoms with Gasteiger partial charge in [0.2, 0.25) is 0 Å². The van der Waals surface area contributed by atoms with Crippen LogP contribution >= 0.6 is 11.8 Å². The van der Waals surface area contributed by atoms with E-state index in [4.69, 9.17) is 5.73 Å². The fourth-order valence-electron chi connectivity index (χ4n) is 1.78. The highest BCUT2D eigenvalue weighted by Gasteiger charge is 2.35. The van der Waals surface area contributed by atoms with Gasteiger partial charge in [0.15, 0.2) is 0 Å². The van der Waals surface area contributed by atoms with Crippen LogP contribution in [0, 0.1) is 5.82 Å². The Morgan fingerprint density at radius 3 is 2.42 bits per heavy atom. The van der Waals surface area contributed by atoms with Gasteiger partial charge >= 0.3 is 6.18 Å². The summed E-state index contributed by atoms with van der Waals surface area (Å²) in [6.45, 7) is 1.85. The van der Waals surface area contributed by atoms with Crippen molar-refractivity contribution < 1.29 is 17.6 Å². The van der Waals surface area contributed by atoms with Gasteiger partial charge in [-0.05, 0) is 50.1 Å². The molecule has 0 saturated carbocycles. The highest BCUT2D eigenvalue weighted by atomic mass is 32.2. The minimum Gasteiger partial charge on any atom is -0.328 e. The van der Waals surface area contributed by atoms with Crippen molar-refractivity contribution in [3.63, 3.8) is 0 Å². The molecule has 0 bridgehead atoms. The van der Waals surface area contributed by atoms with Gasteiger partial charge < -0.3 is 5.73 Å². The molecular weight excluding hydrogens is 278 g/mol. The summed E-state index contributed by atoms with van der Waals surface area (Å²) >= 11 is 0.980. The lowest BCUT2D eigenvalue weighted by atomic mass is 10.0. The first-order valence-corrected chi connectivity index (χ1v) is 7.17. The second-order valence-corrected chi connectivity index (χ2v) is 5.37. The number of hydrogen-bond donors (Lipinski definition) is 1. The SMILES string of the molecule is CSc1cc(CCCC(C)N)cc(C(F)(F)F)c1F. The minimum atomic E-state index is -4.66. The zero-order valence-corrected chi connectivity index (χ0v) is 11.7. The Morgan fingerprint density at radius 2 is 1.95 bits per heavy atom. The van der Waals surface area contributed by atoms with E-state index in [0.717, 1.165) is 24.2 Å². The molecule has 108 valence electrons. The van der Waals surface area contributed by atoms with E-state index in [-0.39, 0.29) is 10.9 Å². The van der Waals surface area contributed by atoms with E-state index in [0.29, 0.717) is 18.4 Å². The lowest BCUT2D eigenvalue weighted by Crippen LogP contribution is -2.14. The summed E-state index contributed by atoms with van der Waals surface area (Å²) in [6.07, 6.45) is -1.21. The Bertz CT molecular complexity index is 429. The molecule has 0 fully saturated rings. The first-order chi connectivity index (χ1) is 8.75. The van der Waals surface area contributed by atoms with Crippen molar-refractivity contribution in [1.82, 2.24) is 0 Å². The second-order valence-electron chi connectivity index (χ2n) is 4.53. The van der Waals surface area contributed by atoms with E-state index < -0.39 is 17.6 Å². The van der Waals surface area contributed by atoms with Crippen molar-refractivity contribution in [3.8, 4) is 0 Å². The smallest absolute Gasteiger partial charge is 0.328 e. The number of aryl methyl sites for hydroxylation is 1. The Morgan fingerprint density at radius 1 is 1.32 bits per heavy atom. The molecule has 0 aliphatic carbocycles.